The van der Waals surface area contributed by atoms with Gasteiger partial charge in [0, 0.05) is 13.6 Å². The normalized spacial score (nSPS) is 11.7. The van der Waals surface area contributed by atoms with Crippen LogP contribution in [0.3, 0.4) is 0 Å². The minimum Gasteiger partial charge on any atom is -0.433 e. The van der Waals surface area contributed by atoms with Crippen molar-refractivity contribution in [1.29, 1.82) is 0 Å². The third-order valence-corrected chi connectivity index (χ3v) is 4.64. The molecule has 0 aliphatic rings. The first-order valence-electron chi connectivity index (χ1n) is 6.57. The molecule has 0 spiro atoms. The van der Waals surface area contributed by atoms with Crippen LogP contribution in [0.15, 0.2) is 29.2 Å². The van der Waals surface area contributed by atoms with E-state index in [2.05, 4.69) is 10.1 Å². The Hall–Kier alpha value is -1.74. The van der Waals surface area contributed by atoms with Crippen LogP contribution in [0.2, 0.25) is 0 Å². The maximum absolute atomic E-state index is 12.6. The predicted octanol–water partition coefficient (Wildman–Crippen LogP) is 1.43. The number of hydrogen-bond donors (Lipinski definition) is 1. The highest BCUT2D eigenvalue weighted by Gasteiger charge is 2.29. The zero-order valence-corrected chi connectivity index (χ0v) is 13.1. The molecule has 1 amide bonds. The van der Waals surface area contributed by atoms with Crippen LogP contribution in [0, 0.1) is 0 Å². The lowest BCUT2D eigenvalue weighted by Crippen LogP contribution is -2.40. The third kappa shape index (κ3) is 4.63. The van der Waals surface area contributed by atoms with Gasteiger partial charge in [-0.05, 0) is 18.6 Å². The highest BCUT2D eigenvalue weighted by Crippen LogP contribution is 2.27. The molecule has 0 atom stereocenters. The van der Waals surface area contributed by atoms with Crippen LogP contribution >= 0.6 is 0 Å². The van der Waals surface area contributed by atoms with E-state index in [4.69, 9.17) is 0 Å². The lowest BCUT2D eigenvalue weighted by Gasteiger charge is -2.22. The summed E-state index contributed by atoms with van der Waals surface area (Å²) in [5, 5.41) is 2.33. The summed E-state index contributed by atoms with van der Waals surface area (Å²) < 4.78 is 55.2. The number of halogens is 2. The van der Waals surface area contributed by atoms with Gasteiger partial charge in [0.25, 0.3) is 0 Å². The second-order valence-corrected chi connectivity index (χ2v) is 6.24. The van der Waals surface area contributed by atoms with E-state index in [1.165, 1.54) is 25.2 Å². The van der Waals surface area contributed by atoms with Crippen LogP contribution in [0.4, 0.5) is 8.78 Å². The number of sulfonamides is 1. The molecule has 0 radical (unpaired) electrons. The van der Waals surface area contributed by atoms with Gasteiger partial charge in [-0.3, -0.25) is 4.79 Å². The van der Waals surface area contributed by atoms with Crippen LogP contribution in [0.1, 0.15) is 13.3 Å². The van der Waals surface area contributed by atoms with Crippen LogP contribution in [-0.4, -0.2) is 45.4 Å². The van der Waals surface area contributed by atoms with Crippen LogP contribution < -0.4 is 10.1 Å². The van der Waals surface area contributed by atoms with Crippen molar-refractivity contribution in [3.8, 4) is 5.75 Å². The molecule has 0 bridgehead atoms. The lowest BCUT2D eigenvalue weighted by atomic mass is 10.3. The van der Waals surface area contributed by atoms with E-state index < -0.39 is 39.7 Å². The van der Waals surface area contributed by atoms with E-state index in [1.807, 2.05) is 0 Å². The molecule has 124 valence electrons. The molecule has 0 fully saturated rings. The first-order chi connectivity index (χ1) is 10.3. The number of carbonyl (C=O) groups is 1. The van der Waals surface area contributed by atoms with Crippen molar-refractivity contribution >= 4 is 15.9 Å². The average molecular weight is 336 g/mol. The molecule has 0 aliphatic carbocycles. The van der Waals surface area contributed by atoms with Gasteiger partial charge >= 0.3 is 6.61 Å². The van der Waals surface area contributed by atoms with Gasteiger partial charge in [0.05, 0.1) is 6.54 Å². The predicted molar refractivity (Wildman–Crippen MR) is 76.2 cm³/mol. The Kier molecular flexibility index (Phi) is 6.69. The third-order valence-electron chi connectivity index (χ3n) is 2.75. The van der Waals surface area contributed by atoms with Crippen molar-refractivity contribution in [3.63, 3.8) is 0 Å². The molecule has 1 N–H and O–H groups in total. The van der Waals surface area contributed by atoms with Crippen LogP contribution in [0.25, 0.3) is 0 Å². The number of para-hydroxylation sites is 1. The fourth-order valence-corrected chi connectivity index (χ4v) is 3.38. The first kappa shape index (κ1) is 18.3. The fraction of sp³-hybridized carbons (Fsp3) is 0.462. The van der Waals surface area contributed by atoms with Gasteiger partial charge in [0.1, 0.15) is 10.6 Å². The van der Waals surface area contributed by atoms with Crippen LogP contribution in [0.5, 0.6) is 5.75 Å². The van der Waals surface area contributed by atoms with Crippen molar-refractivity contribution in [2.24, 2.45) is 0 Å². The first-order valence-corrected chi connectivity index (χ1v) is 8.01. The standard InChI is InChI=1S/C13H18F2N2O4S/c1-3-8-17(9-12(18)16-2)22(19,20)11-7-5-4-6-10(11)21-13(14)15/h4-7,13H,3,8-9H2,1-2H3,(H,16,18). The summed E-state index contributed by atoms with van der Waals surface area (Å²) in [6.45, 7) is -1.71. The van der Waals surface area contributed by atoms with E-state index in [-0.39, 0.29) is 6.54 Å². The van der Waals surface area contributed by atoms with E-state index >= 15 is 0 Å². The van der Waals surface area contributed by atoms with Crippen molar-refractivity contribution in [2.75, 3.05) is 20.1 Å². The smallest absolute Gasteiger partial charge is 0.387 e. The molecule has 0 heterocycles. The van der Waals surface area contributed by atoms with Gasteiger partial charge in [0.2, 0.25) is 15.9 Å². The summed E-state index contributed by atoms with van der Waals surface area (Å²) in [5.41, 5.74) is 0. The Morgan fingerprint density at radius 3 is 2.55 bits per heavy atom. The average Bonchev–Trinajstić information content (AvgIpc) is 2.46. The minimum atomic E-state index is -4.13. The Bertz CT molecular complexity index is 608. The molecular weight excluding hydrogens is 318 g/mol. The number of hydrogen-bond acceptors (Lipinski definition) is 4. The Labute approximate surface area is 128 Å². The van der Waals surface area contributed by atoms with Crippen molar-refractivity contribution < 1.29 is 26.7 Å². The second-order valence-electron chi connectivity index (χ2n) is 4.34. The van der Waals surface area contributed by atoms with Gasteiger partial charge in [-0.1, -0.05) is 19.1 Å². The molecule has 6 nitrogen and oxygen atoms in total. The van der Waals surface area contributed by atoms with E-state index in [9.17, 15) is 22.0 Å². The number of alkyl halides is 2. The molecule has 0 saturated carbocycles. The minimum absolute atomic E-state index is 0.0821. The van der Waals surface area contributed by atoms with Crippen molar-refractivity contribution in [1.82, 2.24) is 9.62 Å². The molecule has 0 aliphatic heterocycles. The summed E-state index contributed by atoms with van der Waals surface area (Å²) in [7, 11) is -2.75. The number of carbonyl (C=O) groups excluding carboxylic acids is 1. The highest BCUT2D eigenvalue weighted by atomic mass is 32.2. The molecule has 9 heteroatoms. The van der Waals surface area contributed by atoms with E-state index in [0.29, 0.717) is 6.42 Å². The number of rotatable bonds is 8. The molecular formula is C13H18F2N2O4S. The number of amides is 1. The summed E-state index contributed by atoms with van der Waals surface area (Å²) in [6.07, 6.45) is 0.466. The summed E-state index contributed by atoms with van der Waals surface area (Å²) in [4.78, 5) is 11.1. The van der Waals surface area contributed by atoms with Crippen molar-refractivity contribution in [3.05, 3.63) is 24.3 Å². The monoisotopic (exact) mass is 336 g/mol. The highest BCUT2D eigenvalue weighted by molar-refractivity contribution is 7.89. The topological polar surface area (TPSA) is 75.7 Å². The fourth-order valence-electron chi connectivity index (χ4n) is 1.77. The number of benzene rings is 1. The molecule has 22 heavy (non-hydrogen) atoms. The molecule has 1 rings (SSSR count). The molecule has 1 aromatic carbocycles. The second kappa shape index (κ2) is 8.04. The molecule has 0 aromatic heterocycles. The Morgan fingerprint density at radius 1 is 1.36 bits per heavy atom. The molecule has 0 unspecified atom stereocenters. The molecule has 1 aromatic rings. The summed E-state index contributed by atoms with van der Waals surface area (Å²) in [6, 6.07) is 5.09. The van der Waals surface area contributed by atoms with Gasteiger partial charge in [0.15, 0.2) is 0 Å². The van der Waals surface area contributed by atoms with E-state index in [1.54, 1.807) is 6.92 Å². The number of nitrogens with zero attached hydrogens (tertiary/aromatic N) is 1. The maximum Gasteiger partial charge on any atom is 0.387 e. The Morgan fingerprint density at radius 2 is 2.00 bits per heavy atom. The van der Waals surface area contributed by atoms with Crippen LogP contribution in [-0.2, 0) is 14.8 Å². The maximum atomic E-state index is 12.6. The van der Waals surface area contributed by atoms with Gasteiger partial charge in [-0.15, -0.1) is 0 Å². The Balaban J connectivity index is 3.22. The van der Waals surface area contributed by atoms with Gasteiger partial charge < -0.3 is 10.1 Å². The number of nitrogens with one attached hydrogen (secondary N) is 1. The zero-order chi connectivity index (χ0) is 16.8. The van der Waals surface area contributed by atoms with Crippen molar-refractivity contribution in [2.45, 2.75) is 24.9 Å². The molecule has 0 saturated heterocycles. The SMILES string of the molecule is CCCN(CC(=O)NC)S(=O)(=O)c1ccccc1OC(F)F. The largest absolute Gasteiger partial charge is 0.433 e. The summed E-state index contributed by atoms with van der Waals surface area (Å²) >= 11 is 0. The number of ether oxygens (including phenoxy) is 1. The summed E-state index contributed by atoms with van der Waals surface area (Å²) in [5.74, 6) is -0.945. The van der Waals surface area contributed by atoms with Gasteiger partial charge in [-0.25, -0.2) is 8.42 Å². The number of likely N-dealkylation sites (N-methyl/N-ethyl adjacent to an activating group) is 1. The lowest BCUT2D eigenvalue weighted by molar-refractivity contribution is -0.120. The van der Waals surface area contributed by atoms with E-state index in [0.717, 1.165) is 10.4 Å². The van der Waals surface area contributed by atoms with Gasteiger partial charge in [-0.2, -0.15) is 13.1 Å². The zero-order valence-electron chi connectivity index (χ0n) is 12.3. The quantitative estimate of drug-likeness (QED) is 0.779.